The summed E-state index contributed by atoms with van der Waals surface area (Å²) in [6.45, 7) is 2.29. The van der Waals surface area contributed by atoms with Gasteiger partial charge in [0, 0.05) is 5.92 Å². The zero-order valence-electron chi connectivity index (χ0n) is 16.7. The predicted octanol–water partition coefficient (Wildman–Crippen LogP) is 8.65. The smallest absolute Gasteiger partial charge is 0.00276 e. The minimum Gasteiger partial charge on any atom is -0.0764 e. The largest absolute Gasteiger partial charge is 0.0764 e. The maximum Gasteiger partial charge on any atom is 0.00276 e. The third-order valence-corrected chi connectivity index (χ3v) is 6.00. The Bertz CT molecular complexity index is 689. The average Bonchev–Trinajstić information content (AvgIpc) is 2.68. The van der Waals surface area contributed by atoms with Crippen LogP contribution in [0.15, 0.2) is 42.5 Å². The zero-order valence-corrected chi connectivity index (χ0v) is 16.7. The molecule has 140 valence electrons. The van der Waals surface area contributed by atoms with Gasteiger partial charge in [-0.1, -0.05) is 126 Å². The van der Waals surface area contributed by atoms with Crippen molar-refractivity contribution in [3.05, 3.63) is 53.6 Å². The topological polar surface area (TPSA) is 0 Å². The van der Waals surface area contributed by atoms with Crippen LogP contribution in [0.3, 0.4) is 0 Å². The van der Waals surface area contributed by atoms with E-state index in [0.717, 1.165) is 0 Å². The Morgan fingerprint density at radius 1 is 0.692 bits per heavy atom. The van der Waals surface area contributed by atoms with Crippen molar-refractivity contribution in [3.63, 3.8) is 0 Å². The normalized spacial score (nSPS) is 15.7. The van der Waals surface area contributed by atoms with Crippen LogP contribution in [0.5, 0.6) is 0 Å². The Kier molecular flexibility index (Phi) is 7.80. The number of benzene rings is 2. The highest BCUT2D eigenvalue weighted by molar-refractivity contribution is 5.95. The summed E-state index contributed by atoms with van der Waals surface area (Å²) in [6.07, 6.45) is 21.8. The molecule has 0 heteroatoms. The van der Waals surface area contributed by atoms with Gasteiger partial charge in [-0.25, -0.2) is 0 Å². The molecule has 1 atom stereocenters. The molecule has 0 nitrogen and oxygen atoms in total. The van der Waals surface area contributed by atoms with Crippen molar-refractivity contribution in [2.75, 3.05) is 0 Å². The van der Waals surface area contributed by atoms with Crippen molar-refractivity contribution in [2.24, 2.45) is 0 Å². The minimum atomic E-state index is 0.618. The van der Waals surface area contributed by atoms with E-state index < -0.39 is 0 Å². The third-order valence-electron chi connectivity index (χ3n) is 6.00. The van der Waals surface area contributed by atoms with E-state index >= 15 is 0 Å². The molecule has 3 rings (SSSR count). The summed E-state index contributed by atoms with van der Waals surface area (Å²) in [5.74, 6) is 0.618. The number of allylic oxidation sites excluding steroid dienone is 1. The van der Waals surface area contributed by atoms with Crippen molar-refractivity contribution in [1.82, 2.24) is 0 Å². The summed E-state index contributed by atoms with van der Waals surface area (Å²) in [5, 5.41) is 2.89. The Morgan fingerprint density at radius 3 is 2.00 bits per heavy atom. The summed E-state index contributed by atoms with van der Waals surface area (Å²) in [4.78, 5) is 0. The SMILES string of the molecule is CCCCCCCCCCCCCC1C=Cc2cccc3cccc1c23. The Morgan fingerprint density at radius 2 is 1.31 bits per heavy atom. The van der Waals surface area contributed by atoms with Gasteiger partial charge in [-0.05, 0) is 28.3 Å². The van der Waals surface area contributed by atoms with E-state index in [4.69, 9.17) is 0 Å². The molecule has 0 fully saturated rings. The molecular formula is C26H36. The van der Waals surface area contributed by atoms with E-state index in [-0.39, 0.29) is 0 Å². The summed E-state index contributed by atoms with van der Waals surface area (Å²) in [5.41, 5.74) is 2.95. The first kappa shape index (κ1) is 19.2. The van der Waals surface area contributed by atoms with Crippen LogP contribution in [0.25, 0.3) is 16.8 Å². The second kappa shape index (κ2) is 10.6. The van der Waals surface area contributed by atoms with Gasteiger partial charge in [0.05, 0.1) is 0 Å². The predicted molar refractivity (Wildman–Crippen MR) is 117 cm³/mol. The first-order chi connectivity index (χ1) is 12.9. The average molecular weight is 349 g/mol. The highest BCUT2D eigenvalue weighted by Crippen LogP contribution is 2.37. The molecule has 0 bridgehead atoms. The van der Waals surface area contributed by atoms with Crippen molar-refractivity contribution in [1.29, 1.82) is 0 Å². The molecule has 0 saturated heterocycles. The lowest BCUT2D eigenvalue weighted by molar-refractivity contribution is 0.538. The lowest BCUT2D eigenvalue weighted by Crippen LogP contribution is -2.01. The van der Waals surface area contributed by atoms with Crippen molar-refractivity contribution in [3.8, 4) is 0 Å². The second-order valence-corrected chi connectivity index (χ2v) is 8.08. The van der Waals surface area contributed by atoms with Crippen molar-refractivity contribution < 1.29 is 0 Å². The fraction of sp³-hybridized carbons (Fsp3) is 0.538. The molecule has 26 heavy (non-hydrogen) atoms. The Balaban J connectivity index is 1.34. The molecular weight excluding hydrogens is 312 g/mol. The molecule has 0 saturated carbocycles. The van der Waals surface area contributed by atoms with E-state index in [9.17, 15) is 0 Å². The van der Waals surface area contributed by atoms with Gasteiger partial charge in [0.2, 0.25) is 0 Å². The molecule has 1 aliphatic rings. The van der Waals surface area contributed by atoms with Gasteiger partial charge >= 0.3 is 0 Å². The molecule has 0 N–H and O–H groups in total. The van der Waals surface area contributed by atoms with Crippen LogP contribution in [-0.2, 0) is 0 Å². The third kappa shape index (κ3) is 5.22. The van der Waals surface area contributed by atoms with Crippen molar-refractivity contribution >= 4 is 16.8 Å². The summed E-state index contributed by atoms with van der Waals surface area (Å²) >= 11 is 0. The van der Waals surface area contributed by atoms with Crippen LogP contribution in [0.1, 0.15) is 101 Å². The molecule has 0 heterocycles. The lowest BCUT2D eigenvalue weighted by Gasteiger charge is -2.21. The van der Waals surface area contributed by atoms with E-state index in [0.29, 0.717) is 5.92 Å². The number of hydrogen-bond donors (Lipinski definition) is 0. The van der Waals surface area contributed by atoms with Gasteiger partial charge in [-0.15, -0.1) is 0 Å². The molecule has 0 spiro atoms. The highest BCUT2D eigenvalue weighted by atomic mass is 14.2. The Labute approximate surface area is 160 Å². The van der Waals surface area contributed by atoms with E-state index in [1.54, 1.807) is 5.56 Å². The van der Waals surface area contributed by atoms with Gasteiger partial charge < -0.3 is 0 Å². The standard InChI is InChI=1S/C26H36/c1-2-3-4-5-6-7-8-9-10-11-12-15-22-20-21-24-17-13-16-23-18-14-19-25(22)26(23)24/h13-14,16-22H,2-12,15H2,1H3. The molecule has 0 radical (unpaired) electrons. The van der Waals surface area contributed by atoms with Gasteiger partial charge in [0.15, 0.2) is 0 Å². The quantitative estimate of drug-likeness (QED) is 0.337. The minimum absolute atomic E-state index is 0.618. The lowest BCUT2D eigenvalue weighted by atomic mass is 9.83. The van der Waals surface area contributed by atoms with E-state index in [1.807, 2.05) is 0 Å². The van der Waals surface area contributed by atoms with Gasteiger partial charge in [-0.3, -0.25) is 0 Å². The maximum atomic E-state index is 2.44. The summed E-state index contributed by atoms with van der Waals surface area (Å²) < 4.78 is 0. The first-order valence-electron chi connectivity index (χ1n) is 11.1. The summed E-state index contributed by atoms with van der Waals surface area (Å²) in [7, 11) is 0. The van der Waals surface area contributed by atoms with Gasteiger partial charge in [-0.2, -0.15) is 0 Å². The van der Waals surface area contributed by atoms with Gasteiger partial charge in [0.25, 0.3) is 0 Å². The van der Waals surface area contributed by atoms with Crippen LogP contribution >= 0.6 is 0 Å². The van der Waals surface area contributed by atoms with E-state index in [1.165, 1.54) is 93.4 Å². The fourth-order valence-electron chi connectivity index (χ4n) is 4.45. The molecule has 2 aromatic carbocycles. The molecule has 2 aromatic rings. The molecule has 1 unspecified atom stereocenters. The number of hydrogen-bond acceptors (Lipinski definition) is 0. The maximum absolute atomic E-state index is 2.44. The van der Waals surface area contributed by atoms with Gasteiger partial charge in [0.1, 0.15) is 0 Å². The highest BCUT2D eigenvalue weighted by Gasteiger charge is 2.16. The van der Waals surface area contributed by atoms with Crippen LogP contribution in [0.4, 0.5) is 0 Å². The summed E-state index contributed by atoms with van der Waals surface area (Å²) in [6, 6.07) is 13.5. The fourth-order valence-corrected chi connectivity index (χ4v) is 4.45. The molecule has 0 aromatic heterocycles. The van der Waals surface area contributed by atoms with Crippen LogP contribution < -0.4 is 0 Å². The monoisotopic (exact) mass is 348 g/mol. The van der Waals surface area contributed by atoms with Crippen LogP contribution in [0, 0.1) is 0 Å². The zero-order chi connectivity index (χ0) is 18.0. The van der Waals surface area contributed by atoms with Crippen molar-refractivity contribution in [2.45, 2.75) is 89.9 Å². The first-order valence-corrected chi connectivity index (χ1v) is 11.1. The molecule has 1 aliphatic carbocycles. The number of unbranched alkanes of at least 4 members (excludes halogenated alkanes) is 10. The van der Waals surface area contributed by atoms with Crippen LogP contribution in [-0.4, -0.2) is 0 Å². The molecule has 0 amide bonds. The van der Waals surface area contributed by atoms with E-state index in [2.05, 4.69) is 55.5 Å². The van der Waals surface area contributed by atoms with Crippen LogP contribution in [0.2, 0.25) is 0 Å². The number of rotatable bonds is 12. The molecule has 0 aliphatic heterocycles. The Hall–Kier alpha value is -1.56. The second-order valence-electron chi connectivity index (χ2n) is 8.08.